The number of thioether (sulfide) groups is 1. The monoisotopic (exact) mass is 536 g/mol. The van der Waals surface area contributed by atoms with E-state index in [1.807, 2.05) is 48.5 Å². The fourth-order valence-electron chi connectivity index (χ4n) is 3.61. The molecule has 0 aromatic heterocycles. The summed E-state index contributed by atoms with van der Waals surface area (Å²) in [5.74, 6) is -0.875. The van der Waals surface area contributed by atoms with Crippen molar-refractivity contribution < 1.29 is 23.8 Å². The van der Waals surface area contributed by atoms with Crippen molar-refractivity contribution in [1.82, 2.24) is 0 Å². The minimum Gasteiger partial charge on any atom is -0.207 e. The number of rotatable bonds is 5. The normalized spacial score (nSPS) is 13.6. The smallest absolute Gasteiger partial charge is 0.207 e. The first-order valence-corrected chi connectivity index (χ1v) is 13.5. The topological polar surface area (TPSA) is 88.0 Å². The second-order valence-electron chi connectivity index (χ2n) is 8.46. The second kappa shape index (κ2) is 12.9. The summed E-state index contributed by atoms with van der Waals surface area (Å²) in [4.78, 5) is 26.3. The van der Waals surface area contributed by atoms with Gasteiger partial charge in [-0.2, -0.15) is 0 Å². The Morgan fingerprint density at radius 1 is 1.05 bits per heavy atom. The predicted molar refractivity (Wildman–Crippen MR) is 151 cm³/mol. The van der Waals surface area contributed by atoms with E-state index in [9.17, 15) is 9.18 Å². The van der Waals surface area contributed by atoms with Crippen molar-refractivity contribution in [2.24, 2.45) is 4.99 Å². The summed E-state index contributed by atoms with van der Waals surface area (Å²) >= 11 is 2.28. The summed E-state index contributed by atoms with van der Waals surface area (Å²) in [5.41, 5.74) is 2.10. The minimum absolute atomic E-state index is 0.0852. The number of benzene rings is 4. The molecule has 0 atom stereocenters. The van der Waals surface area contributed by atoms with Crippen LogP contribution in [0.1, 0.15) is 18.1 Å². The van der Waals surface area contributed by atoms with Gasteiger partial charge in [-0.3, -0.25) is 4.79 Å². The Bertz CT molecular complexity index is 1550. The maximum absolute atomic E-state index is 14.1. The molecule has 186 valence electrons. The Labute approximate surface area is 241 Å². The molecule has 0 fully saturated rings. The van der Waals surface area contributed by atoms with Gasteiger partial charge in [-0.25, -0.2) is 4.39 Å². The summed E-state index contributed by atoms with van der Waals surface area (Å²) in [7, 11) is 0. The summed E-state index contributed by atoms with van der Waals surface area (Å²) in [6, 6.07) is 26.4. The number of nitrogens with zero attached hydrogens (tertiary/aromatic N) is 1. The predicted octanol–water partition coefficient (Wildman–Crippen LogP) is 5.53. The molecule has 0 spiro atoms. The quantitative estimate of drug-likeness (QED) is 0.258. The first kappa shape index (κ1) is 27.6. The first-order chi connectivity index (χ1) is 18.3. The molecule has 5 rings (SSSR count). The Kier molecular flexibility index (Phi) is 9.36. The average Bonchev–Trinajstić information content (AvgIpc) is 3.22. The zero-order valence-corrected chi connectivity index (χ0v) is 23.6. The molecule has 4 aromatic carbocycles. The number of aliphatic imine (C=N–C) groups is 1. The van der Waals surface area contributed by atoms with Gasteiger partial charge >= 0.3 is 143 Å². The zero-order chi connectivity index (χ0) is 27.1. The average molecular weight is 537 g/mol. The van der Waals surface area contributed by atoms with Crippen LogP contribution >= 0.6 is 11.8 Å². The van der Waals surface area contributed by atoms with Gasteiger partial charge in [0.2, 0.25) is 0 Å². The van der Waals surface area contributed by atoms with E-state index in [0.717, 1.165) is 56.9 Å². The van der Waals surface area contributed by atoms with Crippen LogP contribution in [0.25, 0.3) is 16.8 Å². The van der Waals surface area contributed by atoms with Gasteiger partial charge in [-0.1, -0.05) is 42.5 Å². The number of fused-ring (bicyclic) bond motifs is 1. The van der Waals surface area contributed by atoms with E-state index in [1.54, 1.807) is 24.3 Å². The molecule has 2 N–H and O–H groups in total. The fraction of sp³-hybridized carbons (Fsp3) is 0.0690. The molecule has 1 aliphatic rings. The second-order valence-corrected chi connectivity index (χ2v) is 10.6. The molecule has 0 saturated heterocycles. The van der Waals surface area contributed by atoms with Crippen LogP contribution in [0.4, 0.5) is 10.1 Å². The fourth-order valence-corrected chi connectivity index (χ4v) is 4.77. The molecule has 0 radical (unpaired) electrons. The third-order valence-electron chi connectivity index (χ3n) is 5.43. The molecule has 1 amide bonds. The molecule has 0 aliphatic carbocycles. The van der Waals surface area contributed by atoms with Crippen LogP contribution in [0.3, 0.4) is 0 Å². The molecular formula is C29H22FN2NaO4S. The molecule has 0 saturated carbocycles. The van der Waals surface area contributed by atoms with E-state index in [0.29, 0.717) is 21.4 Å². The van der Waals surface area contributed by atoms with Crippen LogP contribution in [0.15, 0.2) is 94.8 Å². The number of halogens is 1. The van der Waals surface area contributed by atoms with Crippen molar-refractivity contribution in [3.05, 3.63) is 107 Å². The maximum atomic E-state index is 14.1. The van der Waals surface area contributed by atoms with Crippen LogP contribution in [-0.4, -0.2) is 50.1 Å². The van der Waals surface area contributed by atoms with Gasteiger partial charge in [0.15, 0.2) is 0 Å². The molecule has 1 heterocycles. The third kappa shape index (κ3) is 7.55. The zero-order valence-electron chi connectivity index (χ0n) is 20.8. The van der Waals surface area contributed by atoms with E-state index in [4.69, 9.17) is 14.6 Å². The van der Waals surface area contributed by atoms with Gasteiger partial charge in [0, 0.05) is 12.5 Å². The van der Waals surface area contributed by atoms with Crippen LogP contribution in [0, 0.1) is 5.82 Å². The van der Waals surface area contributed by atoms with Crippen molar-refractivity contribution in [3.63, 3.8) is 0 Å². The van der Waals surface area contributed by atoms with Crippen molar-refractivity contribution in [1.29, 1.82) is 0 Å². The van der Waals surface area contributed by atoms with Crippen LogP contribution in [0.2, 0.25) is 0 Å². The van der Waals surface area contributed by atoms with Gasteiger partial charge in [-0.05, 0) is 11.5 Å². The van der Waals surface area contributed by atoms with Crippen molar-refractivity contribution >= 4 is 82.1 Å². The van der Waals surface area contributed by atoms with Gasteiger partial charge < -0.3 is 5.11 Å². The number of carboxylic acid groups (broad SMARTS) is 1. The van der Waals surface area contributed by atoms with Crippen LogP contribution < -0.4 is 12.9 Å². The van der Waals surface area contributed by atoms with E-state index < -0.39 is 5.97 Å². The number of amides is 1. The van der Waals surface area contributed by atoms with Gasteiger partial charge in [0.05, 0.1) is 0 Å². The van der Waals surface area contributed by atoms with Gasteiger partial charge in [0.25, 0.3) is 5.97 Å². The number of anilines is 1. The van der Waals surface area contributed by atoms with E-state index in [2.05, 4.69) is 22.4 Å². The first-order valence-electron chi connectivity index (χ1n) is 11.7. The van der Waals surface area contributed by atoms with Crippen molar-refractivity contribution in [3.8, 4) is 5.75 Å². The molecule has 4 aromatic rings. The Morgan fingerprint density at radius 3 is 2.37 bits per heavy atom. The van der Waals surface area contributed by atoms with E-state index in [-0.39, 0.29) is 18.3 Å². The summed E-state index contributed by atoms with van der Waals surface area (Å²) in [6.07, 6.45) is 1.79. The molecule has 9 heteroatoms. The number of amidine groups is 1. The van der Waals surface area contributed by atoms with E-state index in [1.165, 1.54) is 20.6 Å². The molecule has 0 unspecified atom stereocenters. The summed E-state index contributed by atoms with van der Waals surface area (Å²) in [6.45, 7) is 1.17. The van der Waals surface area contributed by atoms with Crippen molar-refractivity contribution in [2.75, 3.05) is 5.32 Å². The SMILES string of the molecule is CC(=O)O.O=C1N=C(Nc2cc[c]([Na])cc2)SC1=Cc1cc2ccccc2cc1OCc1ccccc1F. The standard InChI is InChI=1S/C27H18FN2O2S.C2H4O2.Na/c28-23-13-7-6-10-20(23)17-32-24-15-19-9-5-4-8-18(19)14-21(24)16-25-26(31)30-27(33-25)29-22-11-2-1-3-12-22;1-2(3)4;/h2-16H,17H2,(H,29,30,31);1H3,(H,3,4);. The Hall–Kier alpha value is -3.43. The number of hydrogen-bond donors (Lipinski definition) is 2. The van der Waals surface area contributed by atoms with Gasteiger partial charge in [0.1, 0.15) is 12.4 Å². The summed E-state index contributed by atoms with van der Waals surface area (Å²) < 4.78 is 21.4. The number of carbonyl (C=O) groups excluding carboxylic acids is 1. The molecule has 0 bridgehead atoms. The summed E-state index contributed by atoms with van der Waals surface area (Å²) in [5, 5.41) is 13.2. The molecule has 6 nitrogen and oxygen atoms in total. The molecule has 1 aliphatic heterocycles. The Balaban J connectivity index is 0.000000786. The van der Waals surface area contributed by atoms with Crippen LogP contribution in [-0.2, 0) is 16.2 Å². The third-order valence-corrected chi connectivity index (χ3v) is 6.99. The number of hydrogen-bond acceptors (Lipinski definition) is 5. The van der Waals surface area contributed by atoms with Gasteiger partial charge in [-0.15, -0.1) is 0 Å². The Morgan fingerprint density at radius 2 is 1.68 bits per heavy atom. The number of nitrogens with one attached hydrogen (secondary N) is 1. The number of ether oxygens (including phenoxy) is 1. The molecule has 38 heavy (non-hydrogen) atoms. The number of carbonyl (C=O) groups is 2. The van der Waals surface area contributed by atoms with Crippen molar-refractivity contribution in [2.45, 2.75) is 13.5 Å². The minimum atomic E-state index is -0.833. The molecular weight excluding hydrogens is 514 g/mol. The van der Waals surface area contributed by atoms with E-state index >= 15 is 0 Å². The number of aliphatic carboxylic acids is 1. The van der Waals surface area contributed by atoms with Crippen LogP contribution in [0.5, 0.6) is 5.75 Å². The number of carboxylic acids is 1.